The molecule has 0 atom stereocenters. The summed E-state index contributed by atoms with van der Waals surface area (Å²) in [6.07, 6.45) is 4.94. The lowest BCUT2D eigenvalue weighted by molar-refractivity contribution is -0.116. The van der Waals surface area contributed by atoms with Crippen molar-refractivity contribution in [2.75, 3.05) is 5.32 Å². The average Bonchev–Trinajstić information content (AvgIpc) is 3.19. The van der Waals surface area contributed by atoms with E-state index in [1.165, 1.54) is 23.5 Å². The lowest BCUT2D eigenvalue weighted by Crippen LogP contribution is -2.26. The summed E-state index contributed by atoms with van der Waals surface area (Å²) in [5.41, 5.74) is 2.09. The minimum atomic E-state index is -0.967. The van der Waals surface area contributed by atoms with Crippen LogP contribution in [0.4, 0.5) is 14.5 Å². The first kappa shape index (κ1) is 19.6. The summed E-state index contributed by atoms with van der Waals surface area (Å²) >= 11 is 0. The number of hydrogen-bond acceptors (Lipinski definition) is 4. The Morgan fingerprint density at radius 1 is 1.03 bits per heavy atom. The van der Waals surface area contributed by atoms with Crippen molar-refractivity contribution in [2.45, 2.75) is 25.9 Å². The number of amides is 2. The van der Waals surface area contributed by atoms with Crippen molar-refractivity contribution >= 4 is 17.5 Å². The van der Waals surface area contributed by atoms with Crippen LogP contribution in [0.5, 0.6) is 0 Å². The van der Waals surface area contributed by atoms with Crippen LogP contribution >= 0.6 is 0 Å². The van der Waals surface area contributed by atoms with Crippen molar-refractivity contribution in [3.8, 4) is 0 Å². The molecule has 0 bridgehead atoms. The molecule has 1 N–H and O–H groups in total. The van der Waals surface area contributed by atoms with Gasteiger partial charge >= 0.3 is 0 Å². The third-order valence-electron chi connectivity index (χ3n) is 4.91. The predicted octanol–water partition coefficient (Wildman–Crippen LogP) is 3.48. The maximum atomic E-state index is 14.4. The molecule has 2 amide bonds. The Morgan fingerprint density at radius 3 is 2.43 bits per heavy atom. The molecular weight excluding hydrogens is 390 g/mol. The molecule has 0 fully saturated rings. The van der Waals surface area contributed by atoms with Gasteiger partial charge in [0.05, 0.1) is 16.9 Å². The number of aryl methyl sites for hydroxylation is 1. The molecule has 8 heteroatoms. The van der Waals surface area contributed by atoms with E-state index >= 15 is 0 Å². The SMILES string of the molecule is O=C(CCc1cnccn1)Nc1cc(C(=O)N2Cc3ccccc3C2)c(F)cc1F. The number of carbonyl (C=O) groups is 2. The molecule has 3 aromatic rings. The van der Waals surface area contributed by atoms with Crippen molar-refractivity contribution in [3.63, 3.8) is 0 Å². The van der Waals surface area contributed by atoms with Crippen LogP contribution < -0.4 is 5.32 Å². The first-order chi connectivity index (χ1) is 14.5. The molecule has 30 heavy (non-hydrogen) atoms. The van der Waals surface area contributed by atoms with Crippen LogP contribution in [0.1, 0.15) is 33.6 Å². The fraction of sp³-hybridized carbons (Fsp3) is 0.182. The molecule has 1 aliphatic heterocycles. The molecule has 2 aromatic carbocycles. The number of rotatable bonds is 5. The first-order valence-electron chi connectivity index (χ1n) is 9.41. The van der Waals surface area contributed by atoms with E-state index in [1.807, 2.05) is 24.3 Å². The lowest BCUT2D eigenvalue weighted by atomic mass is 10.1. The highest BCUT2D eigenvalue weighted by Gasteiger charge is 2.27. The van der Waals surface area contributed by atoms with Crippen LogP contribution in [-0.2, 0) is 24.3 Å². The number of halogens is 2. The van der Waals surface area contributed by atoms with Crippen LogP contribution in [0.2, 0.25) is 0 Å². The van der Waals surface area contributed by atoms with Crippen molar-refractivity contribution in [3.05, 3.63) is 89.0 Å². The maximum Gasteiger partial charge on any atom is 0.257 e. The number of nitrogens with zero attached hydrogens (tertiary/aromatic N) is 3. The summed E-state index contributed by atoms with van der Waals surface area (Å²) in [7, 11) is 0. The van der Waals surface area contributed by atoms with Crippen molar-refractivity contribution in [2.24, 2.45) is 0 Å². The molecule has 1 aliphatic rings. The molecule has 0 saturated heterocycles. The molecule has 4 rings (SSSR count). The third-order valence-corrected chi connectivity index (χ3v) is 4.91. The van der Waals surface area contributed by atoms with Gasteiger partial charge in [-0.25, -0.2) is 8.78 Å². The molecular formula is C22H18F2N4O2. The van der Waals surface area contributed by atoms with E-state index in [-0.39, 0.29) is 17.7 Å². The Hall–Kier alpha value is -3.68. The van der Waals surface area contributed by atoms with Gasteiger partial charge in [-0.05, 0) is 23.6 Å². The number of aromatic nitrogens is 2. The summed E-state index contributed by atoms with van der Waals surface area (Å²) in [6, 6.07) is 9.24. The molecule has 0 aliphatic carbocycles. The number of hydrogen-bond donors (Lipinski definition) is 1. The predicted molar refractivity (Wildman–Crippen MR) is 105 cm³/mol. The topological polar surface area (TPSA) is 75.2 Å². The summed E-state index contributed by atoms with van der Waals surface area (Å²) in [5.74, 6) is -2.94. The Bertz CT molecular complexity index is 1080. The van der Waals surface area contributed by atoms with Crippen LogP contribution in [0, 0.1) is 11.6 Å². The van der Waals surface area contributed by atoms with Gasteiger partial charge in [-0.3, -0.25) is 19.6 Å². The fourth-order valence-corrected chi connectivity index (χ4v) is 3.37. The fourth-order valence-electron chi connectivity index (χ4n) is 3.37. The minimum Gasteiger partial charge on any atom is -0.330 e. The normalized spacial score (nSPS) is 12.5. The Balaban J connectivity index is 1.47. The van der Waals surface area contributed by atoms with Gasteiger partial charge in [0, 0.05) is 44.2 Å². The molecule has 152 valence electrons. The van der Waals surface area contributed by atoms with E-state index in [4.69, 9.17) is 0 Å². The van der Waals surface area contributed by atoms with Gasteiger partial charge in [0.25, 0.3) is 5.91 Å². The molecule has 0 unspecified atom stereocenters. The molecule has 6 nitrogen and oxygen atoms in total. The third kappa shape index (κ3) is 4.17. The standard InChI is InChI=1S/C22H18F2N4O2/c23-18-10-19(24)20(27-21(29)6-5-16-11-25-7-8-26-16)9-17(18)22(30)28-12-14-3-1-2-4-15(14)13-28/h1-4,7-11H,5-6,12-13H2,(H,27,29). The molecule has 0 radical (unpaired) electrons. The van der Waals surface area contributed by atoms with E-state index in [9.17, 15) is 18.4 Å². The van der Waals surface area contributed by atoms with Crippen LogP contribution in [0.3, 0.4) is 0 Å². The monoisotopic (exact) mass is 408 g/mol. The Labute approximate surface area is 171 Å². The summed E-state index contributed by atoms with van der Waals surface area (Å²) in [4.78, 5) is 34.5. The van der Waals surface area contributed by atoms with E-state index in [0.29, 0.717) is 31.3 Å². The van der Waals surface area contributed by atoms with Crippen LogP contribution in [0.15, 0.2) is 55.0 Å². The van der Waals surface area contributed by atoms with Gasteiger partial charge < -0.3 is 10.2 Å². The van der Waals surface area contributed by atoms with E-state index in [0.717, 1.165) is 17.2 Å². The summed E-state index contributed by atoms with van der Waals surface area (Å²) < 4.78 is 28.6. The molecule has 0 spiro atoms. The van der Waals surface area contributed by atoms with Gasteiger partial charge in [0.1, 0.15) is 11.6 Å². The lowest BCUT2D eigenvalue weighted by Gasteiger charge is -2.17. The van der Waals surface area contributed by atoms with Gasteiger partial charge in [-0.15, -0.1) is 0 Å². The highest BCUT2D eigenvalue weighted by Crippen LogP contribution is 2.27. The molecule has 1 aromatic heterocycles. The Morgan fingerprint density at radius 2 is 1.77 bits per heavy atom. The van der Waals surface area contributed by atoms with Crippen LogP contribution in [-0.4, -0.2) is 26.7 Å². The second kappa shape index (κ2) is 8.36. The quantitative estimate of drug-likeness (QED) is 0.701. The zero-order valence-corrected chi connectivity index (χ0v) is 15.9. The molecule has 2 heterocycles. The number of benzene rings is 2. The van der Waals surface area contributed by atoms with Crippen molar-refractivity contribution < 1.29 is 18.4 Å². The van der Waals surface area contributed by atoms with Gasteiger partial charge in [0.15, 0.2) is 0 Å². The van der Waals surface area contributed by atoms with Crippen molar-refractivity contribution in [1.82, 2.24) is 14.9 Å². The Kier molecular flexibility index (Phi) is 5.47. The number of nitrogens with one attached hydrogen (secondary N) is 1. The second-order valence-electron chi connectivity index (χ2n) is 6.99. The maximum absolute atomic E-state index is 14.4. The van der Waals surface area contributed by atoms with E-state index < -0.39 is 23.4 Å². The average molecular weight is 408 g/mol. The highest BCUT2D eigenvalue weighted by atomic mass is 19.1. The van der Waals surface area contributed by atoms with Gasteiger partial charge in [0.2, 0.25) is 5.91 Å². The first-order valence-corrected chi connectivity index (χ1v) is 9.41. The largest absolute Gasteiger partial charge is 0.330 e. The summed E-state index contributed by atoms with van der Waals surface area (Å²) in [6.45, 7) is 0.706. The van der Waals surface area contributed by atoms with E-state index in [2.05, 4.69) is 15.3 Å². The van der Waals surface area contributed by atoms with Gasteiger partial charge in [-0.1, -0.05) is 24.3 Å². The minimum absolute atomic E-state index is 0.0419. The van der Waals surface area contributed by atoms with Crippen LogP contribution in [0.25, 0.3) is 0 Å². The highest BCUT2D eigenvalue weighted by molar-refractivity contribution is 5.97. The van der Waals surface area contributed by atoms with E-state index in [1.54, 1.807) is 0 Å². The van der Waals surface area contributed by atoms with Crippen molar-refractivity contribution in [1.29, 1.82) is 0 Å². The second-order valence-corrected chi connectivity index (χ2v) is 6.99. The zero-order valence-electron chi connectivity index (χ0n) is 15.9. The van der Waals surface area contributed by atoms with Gasteiger partial charge in [-0.2, -0.15) is 0 Å². The smallest absolute Gasteiger partial charge is 0.257 e. The summed E-state index contributed by atoms with van der Waals surface area (Å²) in [5, 5.41) is 2.41. The number of anilines is 1. The number of carbonyl (C=O) groups excluding carboxylic acids is 2. The number of fused-ring (bicyclic) bond motifs is 1. The zero-order chi connectivity index (χ0) is 21.1. The molecule has 0 saturated carbocycles.